The number of fused-ring (bicyclic) bond motifs is 1. The van der Waals surface area contributed by atoms with Gasteiger partial charge in [-0.25, -0.2) is 4.79 Å². The lowest BCUT2D eigenvalue weighted by Gasteiger charge is -2.19. The van der Waals surface area contributed by atoms with Gasteiger partial charge in [-0.05, 0) is 41.5 Å². The standard InChI is InChI=1S/C22H23NO4/c1-22(2,3)16-13-11-15(12-14-16)7-6-10-19(24)27-23-20(25)17-8-4-5-9-18(17)21(23)26/h4-5,8-9,11-14H,6-7,10H2,1-3H3. The van der Waals surface area contributed by atoms with Crippen LogP contribution in [-0.2, 0) is 21.5 Å². The second kappa shape index (κ2) is 7.35. The molecule has 0 unspecified atom stereocenters. The van der Waals surface area contributed by atoms with E-state index in [1.54, 1.807) is 24.3 Å². The topological polar surface area (TPSA) is 63.7 Å². The van der Waals surface area contributed by atoms with E-state index in [2.05, 4.69) is 45.0 Å². The van der Waals surface area contributed by atoms with E-state index in [1.807, 2.05) is 0 Å². The largest absolute Gasteiger partial charge is 0.333 e. The molecule has 1 aliphatic heterocycles. The molecule has 0 radical (unpaired) electrons. The van der Waals surface area contributed by atoms with Crippen molar-refractivity contribution in [2.45, 2.75) is 45.4 Å². The first-order valence-electron chi connectivity index (χ1n) is 9.05. The van der Waals surface area contributed by atoms with Crippen LogP contribution in [0.5, 0.6) is 0 Å². The van der Waals surface area contributed by atoms with E-state index in [0.29, 0.717) is 11.5 Å². The summed E-state index contributed by atoms with van der Waals surface area (Å²) in [5, 5.41) is 0.561. The number of hydrogen-bond donors (Lipinski definition) is 0. The second-order valence-electron chi connectivity index (χ2n) is 7.71. The minimum Gasteiger partial charge on any atom is -0.330 e. The maximum atomic E-state index is 12.2. The fourth-order valence-electron chi connectivity index (χ4n) is 3.01. The van der Waals surface area contributed by atoms with E-state index >= 15 is 0 Å². The Balaban J connectivity index is 1.51. The van der Waals surface area contributed by atoms with Crippen molar-refractivity contribution in [1.82, 2.24) is 5.06 Å². The minimum absolute atomic E-state index is 0.106. The van der Waals surface area contributed by atoms with Gasteiger partial charge in [0, 0.05) is 6.42 Å². The van der Waals surface area contributed by atoms with E-state index in [-0.39, 0.29) is 23.0 Å². The van der Waals surface area contributed by atoms with Crippen molar-refractivity contribution in [2.24, 2.45) is 0 Å². The zero-order valence-corrected chi connectivity index (χ0v) is 15.8. The van der Waals surface area contributed by atoms with Crippen LogP contribution in [0.2, 0.25) is 0 Å². The van der Waals surface area contributed by atoms with E-state index in [0.717, 1.165) is 12.0 Å². The van der Waals surface area contributed by atoms with Gasteiger partial charge in [0.2, 0.25) is 0 Å². The molecule has 2 aromatic rings. The average Bonchev–Trinajstić information content (AvgIpc) is 2.87. The first kappa shape index (κ1) is 18.8. The molecule has 0 atom stereocenters. The lowest BCUT2D eigenvalue weighted by atomic mass is 9.86. The highest BCUT2D eigenvalue weighted by Gasteiger charge is 2.38. The van der Waals surface area contributed by atoms with E-state index in [9.17, 15) is 14.4 Å². The maximum Gasteiger partial charge on any atom is 0.333 e. The molecule has 0 N–H and O–H groups in total. The third kappa shape index (κ3) is 4.08. The van der Waals surface area contributed by atoms with Gasteiger partial charge in [0.05, 0.1) is 11.1 Å². The van der Waals surface area contributed by atoms with Crippen molar-refractivity contribution >= 4 is 17.8 Å². The number of carbonyl (C=O) groups excluding carboxylic acids is 3. The second-order valence-corrected chi connectivity index (χ2v) is 7.71. The zero-order chi connectivity index (χ0) is 19.6. The Morgan fingerprint density at radius 1 is 0.926 bits per heavy atom. The fraction of sp³-hybridized carbons (Fsp3) is 0.318. The molecule has 0 bridgehead atoms. The number of hydrogen-bond acceptors (Lipinski definition) is 4. The first-order valence-corrected chi connectivity index (χ1v) is 9.05. The average molecular weight is 365 g/mol. The van der Waals surface area contributed by atoms with Crippen molar-refractivity contribution in [3.8, 4) is 0 Å². The number of benzene rings is 2. The van der Waals surface area contributed by atoms with Gasteiger partial charge < -0.3 is 4.84 Å². The van der Waals surface area contributed by atoms with Crippen molar-refractivity contribution in [2.75, 3.05) is 0 Å². The molecule has 5 nitrogen and oxygen atoms in total. The van der Waals surface area contributed by atoms with Gasteiger partial charge in [-0.15, -0.1) is 0 Å². The summed E-state index contributed by atoms with van der Waals surface area (Å²) in [4.78, 5) is 41.4. The number of nitrogens with zero attached hydrogens (tertiary/aromatic N) is 1. The van der Waals surface area contributed by atoms with Gasteiger partial charge >= 0.3 is 5.97 Å². The highest BCUT2D eigenvalue weighted by atomic mass is 16.7. The Morgan fingerprint density at radius 2 is 1.48 bits per heavy atom. The van der Waals surface area contributed by atoms with Crippen LogP contribution in [0.25, 0.3) is 0 Å². The van der Waals surface area contributed by atoms with Crippen LogP contribution in [0.1, 0.15) is 65.5 Å². The number of hydroxylamine groups is 2. The Morgan fingerprint density at radius 3 is 2.00 bits per heavy atom. The number of rotatable bonds is 5. The molecule has 0 spiro atoms. The molecule has 0 fully saturated rings. The lowest BCUT2D eigenvalue weighted by molar-refractivity contribution is -0.168. The fourth-order valence-corrected chi connectivity index (χ4v) is 3.01. The molecule has 1 heterocycles. The molecular formula is C22H23NO4. The van der Waals surface area contributed by atoms with Crippen LogP contribution >= 0.6 is 0 Å². The highest BCUT2D eigenvalue weighted by Crippen LogP contribution is 2.24. The summed E-state index contributed by atoms with van der Waals surface area (Å²) in [7, 11) is 0. The summed E-state index contributed by atoms with van der Waals surface area (Å²) in [6.45, 7) is 6.49. The minimum atomic E-state index is -0.596. The Bertz CT molecular complexity index is 843. The van der Waals surface area contributed by atoms with Gasteiger partial charge in [-0.2, -0.15) is 0 Å². The van der Waals surface area contributed by atoms with Gasteiger partial charge in [-0.1, -0.05) is 62.2 Å². The van der Waals surface area contributed by atoms with E-state index in [4.69, 9.17) is 4.84 Å². The molecule has 140 valence electrons. The third-order valence-corrected chi connectivity index (χ3v) is 4.62. The van der Waals surface area contributed by atoms with Gasteiger partial charge in [0.15, 0.2) is 0 Å². The van der Waals surface area contributed by atoms with Crippen LogP contribution in [-0.4, -0.2) is 22.8 Å². The Labute approximate surface area is 158 Å². The van der Waals surface area contributed by atoms with Crippen LogP contribution in [0.4, 0.5) is 0 Å². The Kier molecular flexibility index (Phi) is 5.13. The zero-order valence-electron chi connectivity index (χ0n) is 15.8. The summed E-state index contributed by atoms with van der Waals surface area (Å²) in [5.41, 5.74) is 3.02. The van der Waals surface area contributed by atoms with Crippen LogP contribution in [0.3, 0.4) is 0 Å². The normalized spacial score (nSPS) is 13.7. The summed E-state index contributed by atoms with van der Waals surface area (Å²) in [5.74, 6) is -1.78. The monoisotopic (exact) mass is 365 g/mol. The summed E-state index contributed by atoms with van der Waals surface area (Å²) >= 11 is 0. The van der Waals surface area contributed by atoms with Crippen LogP contribution in [0.15, 0.2) is 48.5 Å². The predicted molar refractivity (Wildman–Crippen MR) is 101 cm³/mol. The smallest absolute Gasteiger partial charge is 0.330 e. The van der Waals surface area contributed by atoms with Crippen molar-refractivity contribution in [3.63, 3.8) is 0 Å². The quantitative estimate of drug-likeness (QED) is 0.750. The summed E-state index contributed by atoms with van der Waals surface area (Å²) < 4.78 is 0. The molecule has 5 heteroatoms. The van der Waals surface area contributed by atoms with E-state index < -0.39 is 17.8 Å². The summed E-state index contributed by atoms with van der Waals surface area (Å²) in [6, 6.07) is 14.8. The molecule has 0 aromatic heterocycles. The van der Waals surface area contributed by atoms with Crippen molar-refractivity contribution in [3.05, 3.63) is 70.8 Å². The SMILES string of the molecule is CC(C)(C)c1ccc(CCCC(=O)ON2C(=O)c3ccccc3C2=O)cc1. The number of aryl methyl sites for hydroxylation is 1. The maximum absolute atomic E-state index is 12.2. The molecule has 2 aromatic carbocycles. The number of amides is 2. The molecule has 27 heavy (non-hydrogen) atoms. The van der Waals surface area contributed by atoms with Gasteiger partial charge in [-0.3, -0.25) is 9.59 Å². The molecule has 0 saturated heterocycles. The van der Waals surface area contributed by atoms with Crippen LogP contribution < -0.4 is 0 Å². The molecule has 0 saturated carbocycles. The summed E-state index contributed by atoms with van der Waals surface area (Å²) in [6.07, 6.45) is 1.44. The van der Waals surface area contributed by atoms with Gasteiger partial charge in [0.25, 0.3) is 11.8 Å². The van der Waals surface area contributed by atoms with Crippen LogP contribution in [0, 0.1) is 0 Å². The lowest BCUT2D eigenvalue weighted by Crippen LogP contribution is -2.32. The Hall–Kier alpha value is -2.95. The number of imide groups is 1. The third-order valence-electron chi connectivity index (χ3n) is 4.62. The van der Waals surface area contributed by atoms with E-state index in [1.165, 1.54) is 5.56 Å². The molecule has 3 rings (SSSR count). The number of carbonyl (C=O) groups is 3. The van der Waals surface area contributed by atoms with Crippen molar-refractivity contribution in [1.29, 1.82) is 0 Å². The van der Waals surface area contributed by atoms with Crippen molar-refractivity contribution < 1.29 is 19.2 Å². The predicted octanol–water partition coefficient (Wildman–Crippen LogP) is 4.06. The highest BCUT2D eigenvalue weighted by molar-refractivity contribution is 6.20. The van der Waals surface area contributed by atoms with Gasteiger partial charge in [0.1, 0.15) is 0 Å². The molecule has 1 aliphatic rings. The first-order chi connectivity index (χ1) is 12.8. The molecule has 2 amide bonds. The molecule has 0 aliphatic carbocycles. The molecular weight excluding hydrogens is 342 g/mol.